The van der Waals surface area contributed by atoms with Gasteiger partial charge in [-0.05, 0) is 52.9 Å². The Bertz CT molecular complexity index is 293. The molecule has 1 unspecified atom stereocenters. The van der Waals surface area contributed by atoms with Gasteiger partial charge in [-0.25, -0.2) is 0 Å². The molecule has 0 aromatic rings. The van der Waals surface area contributed by atoms with Crippen molar-refractivity contribution in [3.05, 3.63) is 0 Å². The highest BCUT2D eigenvalue weighted by molar-refractivity contribution is 6.69. The highest BCUT2D eigenvalue weighted by atomic mass is 28.4. The van der Waals surface area contributed by atoms with E-state index >= 15 is 0 Å². The Balaban J connectivity index is 2.72. The molecule has 0 aromatic carbocycles. The lowest BCUT2D eigenvalue weighted by Gasteiger charge is -2.33. The van der Waals surface area contributed by atoms with E-state index in [2.05, 4.69) is 44.5 Å². The Morgan fingerprint density at radius 1 is 1.24 bits per heavy atom. The van der Waals surface area contributed by atoms with Crippen LogP contribution in [-0.4, -0.2) is 37.9 Å². The molecule has 1 rings (SSSR count). The van der Waals surface area contributed by atoms with Crippen LogP contribution in [0.1, 0.15) is 33.1 Å². The van der Waals surface area contributed by atoms with Crippen molar-refractivity contribution >= 4 is 8.32 Å². The highest BCUT2D eigenvalue weighted by Gasteiger charge is 2.37. The van der Waals surface area contributed by atoms with Gasteiger partial charge in [0.15, 0.2) is 8.32 Å². The first-order chi connectivity index (χ1) is 7.78. The van der Waals surface area contributed by atoms with E-state index in [0.717, 1.165) is 32.4 Å². The van der Waals surface area contributed by atoms with Gasteiger partial charge < -0.3 is 9.33 Å². The summed E-state index contributed by atoms with van der Waals surface area (Å²) in [6, 6.07) is 3.03. The Morgan fingerprint density at radius 2 is 1.88 bits per heavy atom. The van der Waals surface area contributed by atoms with Gasteiger partial charge in [0.1, 0.15) is 5.60 Å². The first-order valence-corrected chi connectivity index (χ1v) is 10.0. The van der Waals surface area contributed by atoms with Crippen LogP contribution in [0.25, 0.3) is 0 Å². The number of nitriles is 1. The van der Waals surface area contributed by atoms with Gasteiger partial charge in [0.2, 0.25) is 0 Å². The Morgan fingerprint density at radius 3 is 2.35 bits per heavy atom. The van der Waals surface area contributed by atoms with Crippen molar-refractivity contribution in [1.29, 1.82) is 5.26 Å². The van der Waals surface area contributed by atoms with Crippen LogP contribution in [0.15, 0.2) is 0 Å². The first-order valence-electron chi connectivity index (χ1n) is 6.63. The normalized spacial score (nSPS) is 27.8. The van der Waals surface area contributed by atoms with Gasteiger partial charge in [-0.15, -0.1) is 0 Å². The SMILES string of the molecule is CC(C)N1CCCC(C#N)(O[Si](C)(C)C)CC1. The van der Waals surface area contributed by atoms with E-state index in [1.54, 1.807) is 0 Å². The maximum absolute atomic E-state index is 9.48. The molecule has 1 fully saturated rings. The minimum atomic E-state index is -1.65. The molecule has 1 atom stereocenters. The largest absolute Gasteiger partial charge is 0.400 e. The molecule has 0 bridgehead atoms. The van der Waals surface area contributed by atoms with Crippen molar-refractivity contribution in [2.45, 2.75) is 64.4 Å². The summed E-state index contributed by atoms with van der Waals surface area (Å²) in [5.74, 6) is 0. The molecule has 0 saturated carbocycles. The zero-order chi connectivity index (χ0) is 13.1. The van der Waals surface area contributed by atoms with Gasteiger partial charge in [0.05, 0.1) is 6.07 Å². The molecule has 1 aliphatic heterocycles. The fourth-order valence-corrected chi connectivity index (χ4v) is 3.89. The quantitative estimate of drug-likeness (QED) is 0.726. The second-order valence-electron chi connectivity index (χ2n) is 6.30. The fraction of sp³-hybridized carbons (Fsp3) is 0.923. The smallest absolute Gasteiger partial charge is 0.185 e. The van der Waals surface area contributed by atoms with Crippen LogP contribution in [0, 0.1) is 11.3 Å². The van der Waals surface area contributed by atoms with E-state index in [0.29, 0.717) is 6.04 Å². The maximum atomic E-state index is 9.48. The minimum Gasteiger partial charge on any atom is -0.400 e. The predicted octanol–water partition coefficient (Wildman–Crippen LogP) is 2.99. The standard InChI is InChI=1S/C13H26N2OSi/c1-12(2)15-9-6-7-13(11-14,8-10-15)16-17(3,4)5/h12H,6-10H2,1-5H3. The fourth-order valence-electron chi connectivity index (χ4n) is 2.47. The van der Waals surface area contributed by atoms with Crippen LogP contribution in [0.3, 0.4) is 0 Å². The molecule has 0 amide bonds. The lowest BCUT2D eigenvalue weighted by Crippen LogP contribution is -2.42. The third-order valence-electron chi connectivity index (χ3n) is 3.26. The lowest BCUT2D eigenvalue weighted by atomic mass is 9.97. The minimum absolute atomic E-state index is 0.520. The summed E-state index contributed by atoms with van der Waals surface area (Å²) < 4.78 is 6.17. The van der Waals surface area contributed by atoms with E-state index in [1.165, 1.54) is 0 Å². The molecule has 3 nitrogen and oxygen atoms in total. The Kier molecular flexibility index (Phi) is 4.76. The molecule has 0 radical (unpaired) electrons. The second kappa shape index (κ2) is 5.51. The van der Waals surface area contributed by atoms with Gasteiger partial charge in [-0.1, -0.05) is 0 Å². The monoisotopic (exact) mass is 254 g/mol. The van der Waals surface area contributed by atoms with Crippen molar-refractivity contribution < 1.29 is 4.43 Å². The topological polar surface area (TPSA) is 36.3 Å². The summed E-state index contributed by atoms with van der Waals surface area (Å²) >= 11 is 0. The van der Waals surface area contributed by atoms with Crippen LogP contribution in [0.2, 0.25) is 19.6 Å². The van der Waals surface area contributed by atoms with Gasteiger partial charge >= 0.3 is 0 Å². The molecule has 4 heteroatoms. The highest BCUT2D eigenvalue weighted by Crippen LogP contribution is 2.29. The van der Waals surface area contributed by atoms with Crippen LogP contribution in [-0.2, 0) is 4.43 Å². The van der Waals surface area contributed by atoms with Gasteiger partial charge in [0, 0.05) is 19.0 Å². The average Bonchev–Trinajstić information content (AvgIpc) is 2.39. The first kappa shape index (κ1) is 14.7. The van der Waals surface area contributed by atoms with E-state index < -0.39 is 13.9 Å². The number of hydrogen-bond donors (Lipinski definition) is 0. The summed E-state index contributed by atoms with van der Waals surface area (Å²) in [5, 5.41) is 9.48. The zero-order valence-corrected chi connectivity index (χ0v) is 12.9. The average molecular weight is 254 g/mol. The van der Waals surface area contributed by atoms with Crippen molar-refractivity contribution in [2.75, 3.05) is 13.1 Å². The summed E-state index contributed by atoms with van der Waals surface area (Å²) in [6.07, 6.45) is 2.80. The molecule has 17 heavy (non-hydrogen) atoms. The summed E-state index contributed by atoms with van der Waals surface area (Å²) in [4.78, 5) is 2.45. The third kappa shape index (κ3) is 4.42. The molecule has 1 aliphatic rings. The molecule has 0 aromatic heterocycles. The Labute approximate surface area is 107 Å². The number of nitrogens with zero attached hydrogens (tertiary/aromatic N) is 2. The van der Waals surface area contributed by atoms with E-state index in [1.807, 2.05) is 0 Å². The molecular formula is C13H26N2OSi. The summed E-state index contributed by atoms with van der Waals surface area (Å²) in [7, 11) is -1.65. The van der Waals surface area contributed by atoms with E-state index in [9.17, 15) is 5.26 Å². The lowest BCUT2D eigenvalue weighted by molar-refractivity contribution is 0.0999. The van der Waals surface area contributed by atoms with Crippen LogP contribution >= 0.6 is 0 Å². The Hall–Kier alpha value is -0.373. The molecule has 1 heterocycles. The van der Waals surface area contributed by atoms with E-state index in [4.69, 9.17) is 4.43 Å². The van der Waals surface area contributed by atoms with E-state index in [-0.39, 0.29) is 0 Å². The van der Waals surface area contributed by atoms with Gasteiger partial charge in [-0.3, -0.25) is 0 Å². The molecule has 0 N–H and O–H groups in total. The number of rotatable bonds is 3. The second-order valence-corrected chi connectivity index (χ2v) is 10.7. The molecular weight excluding hydrogens is 228 g/mol. The predicted molar refractivity (Wildman–Crippen MR) is 73.3 cm³/mol. The van der Waals surface area contributed by atoms with Crippen LogP contribution < -0.4 is 0 Å². The zero-order valence-electron chi connectivity index (χ0n) is 11.9. The molecule has 0 spiro atoms. The van der Waals surface area contributed by atoms with Crippen molar-refractivity contribution in [3.63, 3.8) is 0 Å². The molecule has 1 saturated heterocycles. The molecule has 0 aliphatic carbocycles. The summed E-state index contributed by atoms with van der Waals surface area (Å²) in [5.41, 5.74) is -0.520. The van der Waals surface area contributed by atoms with Crippen LogP contribution in [0.5, 0.6) is 0 Å². The van der Waals surface area contributed by atoms with Crippen molar-refractivity contribution in [1.82, 2.24) is 4.90 Å². The van der Waals surface area contributed by atoms with Gasteiger partial charge in [0.25, 0.3) is 0 Å². The maximum Gasteiger partial charge on any atom is 0.185 e. The third-order valence-corrected chi connectivity index (χ3v) is 4.27. The van der Waals surface area contributed by atoms with Gasteiger partial charge in [-0.2, -0.15) is 5.26 Å². The number of likely N-dealkylation sites (tertiary alicyclic amines) is 1. The number of hydrogen-bond acceptors (Lipinski definition) is 3. The molecule has 98 valence electrons. The van der Waals surface area contributed by atoms with Crippen LogP contribution in [0.4, 0.5) is 0 Å². The van der Waals surface area contributed by atoms with Crippen molar-refractivity contribution in [2.24, 2.45) is 0 Å². The summed E-state index contributed by atoms with van der Waals surface area (Å²) in [6.45, 7) is 13.0. The van der Waals surface area contributed by atoms with Crippen molar-refractivity contribution in [3.8, 4) is 6.07 Å².